The van der Waals surface area contributed by atoms with Gasteiger partial charge < -0.3 is 10.8 Å². The first-order valence-corrected chi connectivity index (χ1v) is 4.27. The molecule has 1 aromatic rings. The minimum atomic E-state index is -0.782. The van der Waals surface area contributed by atoms with Crippen molar-refractivity contribution in [3.05, 3.63) is 28.0 Å². The number of Topliss-reactive ketones (excluding diaryl/α,β-unsaturated/α-hetero) is 1. The number of benzene rings is 1. The van der Waals surface area contributed by atoms with Gasteiger partial charge in [-0.25, -0.2) is 4.39 Å². The van der Waals surface area contributed by atoms with Crippen LogP contribution in [0, 0.1) is 5.82 Å². The summed E-state index contributed by atoms with van der Waals surface area (Å²) in [5.41, 5.74) is 4.69. The Morgan fingerprint density at radius 1 is 1.62 bits per heavy atom. The number of halogens is 2. The normalized spacial score (nSPS) is 10.1. The summed E-state index contributed by atoms with van der Waals surface area (Å²) < 4.78 is 13.3. The average molecular weight is 248 g/mol. The highest BCUT2D eigenvalue weighted by Gasteiger charge is 2.17. The molecule has 0 aromatic heterocycles. The second-order valence-corrected chi connectivity index (χ2v) is 3.24. The number of carbonyl (C=O) groups excluding carboxylic acids is 1. The van der Waals surface area contributed by atoms with Gasteiger partial charge in [-0.2, -0.15) is 0 Å². The Labute approximate surface area is 82.5 Å². The molecule has 0 radical (unpaired) electrons. The summed E-state index contributed by atoms with van der Waals surface area (Å²) in [6.07, 6.45) is 0. The monoisotopic (exact) mass is 247 g/mol. The fourth-order valence-electron chi connectivity index (χ4n) is 0.908. The molecule has 1 aromatic carbocycles. The maximum Gasteiger partial charge on any atom is 0.183 e. The molecule has 0 aliphatic carbocycles. The maximum atomic E-state index is 13.2. The summed E-state index contributed by atoms with van der Waals surface area (Å²) in [6.45, 7) is -0.332. The minimum absolute atomic E-state index is 0.127. The molecule has 0 unspecified atom stereocenters. The second-order valence-electron chi connectivity index (χ2n) is 2.38. The van der Waals surface area contributed by atoms with Crippen LogP contribution in [0.4, 0.5) is 4.39 Å². The second kappa shape index (κ2) is 3.85. The van der Waals surface area contributed by atoms with E-state index in [1.54, 1.807) is 0 Å². The van der Waals surface area contributed by atoms with Gasteiger partial charge in [0.2, 0.25) is 0 Å². The number of nitrogens with two attached hydrogens (primary N) is 1. The lowest BCUT2D eigenvalue weighted by atomic mass is 10.1. The van der Waals surface area contributed by atoms with Gasteiger partial charge in [0, 0.05) is 0 Å². The van der Waals surface area contributed by atoms with Crippen LogP contribution in [0.25, 0.3) is 0 Å². The van der Waals surface area contributed by atoms with Gasteiger partial charge in [0.15, 0.2) is 11.6 Å². The zero-order chi connectivity index (χ0) is 10.0. The molecule has 1 rings (SSSR count). The van der Waals surface area contributed by atoms with Crippen LogP contribution >= 0.6 is 15.9 Å². The van der Waals surface area contributed by atoms with Crippen LogP contribution in [0.1, 0.15) is 10.4 Å². The Bertz CT molecular complexity index is 354. The lowest BCUT2D eigenvalue weighted by Crippen LogP contribution is -2.15. The first-order chi connectivity index (χ1) is 6.07. The van der Waals surface area contributed by atoms with Crippen LogP contribution in [0.2, 0.25) is 0 Å². The predicted octanol–water partition coefficient (Wildman–Crippen LogP) is 1.44. The molecule has 0 aliphatic heterocycles. The molecule has 0 atom stereocenters. The summed E-state index contributed by atoms with van der Waals surface area (Å²) in [7, 11) is 0. The highest BCUT2D eigenvalue weighted by atomic mass is 79.9. The molecule has 0 amide bonds. The van der Waals surface area contributed by atoms with E-state index in [9.17, 15) is 14.3 Å². The zero-order valence-electron chi connectivity index (χ0n) is 6.55. The SMILES string of the molecule is NCC(=O)c1c(O)ccc(Br)c1F. The van der Waals surface area contributed by atoms with Gasteiger partial charge in [-0.1, -0.05) is 0 Å². The van der Waals surface area contributed by atoms with Crippen LogP contribution in [-0.4, -0.2) is 17.4 Å². The number of phenols is 1. The first-order valence-electron chi connectivity index (χ1n) is 3.48. The molecule has 0 saturated heterocycles. The first kappa shape index (κ1) is 10.1. The van der Waals surface area contributed by atoms with E-state index in [4.69, 9.17) is 5.73 Å². The minimum Gasteiger partial charge on any atom is -0.507 e. The summed E-state index contributed by atoms with van der Waals surface area (Å²) in [4.78, 5) is 11.1. The Kier molecular flexibility index (Phi) is 3.00. The third-order valence-corrected chi connectivity index (χ3v) is 2.15. The fraction of sp³-hybridized carbons (Fsp3) is 0.125. The van der Waals surface area contributed by atoms with Crippen molar-refractivity contribution in [2.75, 3.05) is 6.54 Å². The average Bonchev–Trinajstić information content (AvgIpc) is 2.12. The van der Waals surface area contributed by atoms with Gasteiger partial charge in [-0.05, 0) is 28.1 Å². The lowest BCUT2D eigenvalue weighted by molar-refractivity contribution is 0.0994. The molecule has 0 spiro atoms. The van der Waals surface area contributed by atoms with Gasteiger partial charge >= 0.3 is 0 Å². The molecular formula is C8H7BrFNO2. The molecule has 3 nitrogen and oxygen atoms in total. The van der Waals surface area contributed by atoms with Gasteiger partial charge in [-0.3, -0.25) is 4.79 Å². The van der Waals surface area contributed by atoms with E-state index in [1.807, 2.05) is 0 Å². The molecule has 5 heteroatoms. The van der Waals surface area contributed by atoms with Crippen molar-refractivity contribution in [2.24, 2.45) is 5.73 Å². The van der Waals surface area contributed by atoms with Crippen LogP contribution < -0.4 is 5.73 Å². The quantitative estimate of drug-likeness (QED) is 0.778. The van der Waals surface area contributed by atoms with E-state index >= 15 is 0 Å². The van der Waals surface area contributed by atoms with Crippen molar-refractivity contribution in [3.8, 4) is 5.75 Å². The summed E-state index contributed by atoms with van der Waals surface area (Å²) in [6, 6.07) is 2.55. The molecule has 3 N–H and O–H groups in total. The predicted molar refractivity (Wildman–Crippen MR) is 49.1 cm³/mol. The van der Waals surface area contributed by atoms with Crippen LogP contribution in [0.5, 0.6) is 5.75 Å². The van der Waals surface area contributed by atoms with Crippen LogP contribution in [0.15, 0.2) is 16.6 Å². The van der Waals surface area contributed by atoms with Crippen molar-refractivity contribution in [1.82, 2.24) is 0 Å². The van der Waals surface area contributed by atoms with Crippen molar-refractivity contribution in [3.63, 3.8) is 0 Å². The summed E-state index contributed by atoms with van der Waals surface area (Å²) >= 11 is 2.90. The Morgan fingerprint density at radius 2 is 2.23 bits per heavy atom. The summed E-state index contributed by atoms with van der Waals surface area (Å²) in [5.74, 6) is -1.80. The fourth-order valence-corrected chi connectivity index (χ4v) is 1.24. The Balaban J connectivity index is 3.33. The van der Waals surface area contributed by atoms with Crippen LogP contribution in [0.3, 0.4) is 0 Å². The van der Waals surface area contributed by atoms with Gasteiger partial charge in [-0.15, -0.1) is 0 Å². The molecule has 0 bridgehead atoms. The number of rotatable bonds is 2. The smallest absolute Gasteiger partial charge is 0.183 e. The lowest BCUT2D eigenvalue weighted by Gasteiger charge is -2.04. The molecule has 13 heavy (non-hydrogen) atoms. The highest BCUT2D eigenvalue weighted by molar-refractivity contribution is 9.10. The van der Waals surface area contributed by atoms with Crippen molar-refractivity contribution < 1.29 is 14.3 Å². The van der Waals surface area contributed by atoms with Gasteiger partial charge in [0.1, 0.15) is 5.75 Å². The number of ketones is 1. The molecule has 0 fully saturated rings. The topological polar surface area (TPSA) is 63.3 Å². The van der Waals surface area contributed by atoms with E-state index in [0.717, 1.165) is 0 Å². The van der Waals surface area contributed by atoms with E-state index in [-0.39, 0.29) is 16.6 Å². The number of phenolic OH excluding ortho intramolecular Hbond substituents is 1. The molecular weight excluding hydrogens is 241 g/mol. The molecule has 70 valence electrons. The van der Waals surface area contributed by atoms with Crippen molar-refractivity contribution in [2.45, 2.75) is 0 Å². The number of hydrogen-bond donors (Lipinski definition) is 2. The van der Waals surface area contributed by atoms with Gasteiger partial charge in [0.05, 0.1) is 16.6 Å². The Morgan fingerprint density at radius 3 is 2.77 bits per heavy atom. The summed E-state index contributed by atoms with van der Waals surface area (Å²) in [5, 5.41) is 9.18. The third-order valence-electron chi connectivity index (χ3n) is 1.54. The van der Waals surface area contributed by atoms with Crippen LogP contribution in [-0.2, 0) is 0 Å². The molecule has 0 aliphatic rings. The van der Waals surface area contributed by atoms with E-state index < -0.39 is 17.3 Å². The van der Waals surface area contributed by atoms with Crippen molar-refractivity contribution in [1.29, 1.82) is 0 Å². The highest BCUT2D eigenvalue weighted by Crippen LogP contribution is 2.26. The number of carbonyl (C=O) groups is 1. The molecule has 0 heterocycles. The standard InChI is InChI=1S/C8H7BrFNO2/c9-4-1-2-5(12)7(8(4)10)6(13)3-11/h1-2,12H,3,11H2. The zero-order valence-corrected chi connectivity index (χ0v) is 8.14. The van der Waals surface area contributed by atoms with Gasteiger partial charge in [0.25, 0.3) is 0 Å². The maximum absolute atomic E-state index is 13.2. The Hall–Kier alpha value is -0.940. The van der Waals surface area contributed by atoms with E-state index in [1.165, 1.54) is 12.1 Å². The molecule has 0 saturated carbocycles. The van der Waals surface area contributed by atoms with E-state index in [2.05, 4.69) is 15.9 Å². The van der Waals surface area contributed by atoms with Crippen molar-refractivity contribution >= 4 is 21.7 Å². The number of aromatic hydroxyl groups is 1. The number of hydrogen-bond acceptors (Lipinski definition) is 3. The largest absolute Gasteiger partial charge is 0.507 e. The van der Waals surface area contributed by atoms with E-state index in [0.29, 0.717) is 0 Å². The third kappa shape index (κ3) is 1.87.